The third-order valence-electron chi connectivity index (χ3n) is 2.60. The van der Waals surface area contributed by atoms with E-state index in [1.54, 1.807) is 0 Å². The Labute approximate surface area is 80.7 Å². The number of carbonyl (C=O) groups is 1. The van der Waals surface area contributed by atoms with E-state index in [0.29, 0.717) is 11.7 Å². The molecule has 1 nitrogen and oxygen atoms in total. The first-order valence-electron chi connectivity index (χ1n) is 4.37. The predicted molar refractivity (Wildman–Crippen MR) is 52.1 cm³/mol. The van der Waals surface area contributed by atoms with E-state index >= 15 is 0 Å². The number of hydrogen-bond acceptors (Lipinski definition) is 1. The molecule has 0 heterocycles. The van der Waals surface area contributed by atoms with Crippen molar-refractivity contribution in [1.82, 2.24) is 0 Å². The first-order chi connectivity index (χ1) is 5.77. The summed E-state index contributed by atoms with van der Waals surface area (Å²) < 4.78 is 1.23. The summed E-state index contributed by atoms with van der Waals surface area (Å²) >= 11 is 3.48. The van der Waals surface area contributed by atoms with Crippen molar-refractivity contribution in [2.75, 3.05) is 0 Å². The summed E-state index contributed by atoms with van der Waals surface area (Å²) in [6.07, 6.45) is 8.03. The molecule has 64 valence electrons. The van der Waals surface area contributed by atoms with Gasteiger partial charge in [0.1, 0.15) is 0 Å². The molecule has 2 aliphatic rings. The van der Waals surface area contributed by atoms with Gasteiger partial charge in [0.2, 0.25) is 0 Å². The van der Waals surface area contributed by atoms with Crippen LogP contribution in [0.25, 0.3) is 0 Å². The smallest absolute Gasteiger partial charge is 0.159 e. The van der Waals surface area contributed by atoms with Gasteiger partial charge < -0.3 is 0 Å². The fourth-order valence-corrected chi connectivity index (χ4v) is 2.48. The second-order valence-electron chi connectivity index (χ2n) is 3.45. The van der Waals surface area contributed by atoms with Crippen molar-refractivity contribution in [3.8, 4) is 0 Å². The van der Waals surface area contributed by atoms with Gasteiger partial charge in [-0.05, 0) is 35.2 Å². The van der Waals surface area contributed by atoms with Crippen molar-refractivity contribution >= 4 is 21.7 Å². The molecular weight excluding hydrogens is 216 g/mol. The number of allylic oxidation sites excluding steroid dienone is 4. The minimum atomic E-state index is 0.363. The van der Waals surface area contributed by atoms with Gasteiger partial charge in [0.05, 0.1) is 0 Å². The standard InChI is InChI=1S/C10H11BrO/c11-8-4-5-9-7(6-8)2-1-3-10(9)12/h4-5,7H,1-3,6H2. The molecule has 0 N–H and O–H groups in total. The lowest BCUT2D eigenvalue weighted by Gasteiger charge is -2.26. The molecule has 0 bridgehead atoms. The summed E-state index contributed by atoms with van der Waals surface area (Å²) in [5.41, 5.74) is 1.06. The normalized spacial score (nSPS) is 29.1. The lowest BCUT2D eigenvalue weighted by molar-refractivity contribution is -0.117. The van der Waals surface area contributed by atoms with Gasteiger partial charge in [0, 0.05) is 6.42 Å². The molecule has 0 aromatic rings. The molecule has 0 radical (unpaired) electrons. The Bertz CT molecular complexity index is 276. The van der Waals surface area contributed by atoms with Gasteiger partial charge in [-0.1, -0.05) is 28.1 Å². The molecule has 0 aliphatic heterocycles. The lowest BCUT2D eigenvalue weighted by atomic mass is 9.79. The van der Waals surface area contributed by atoms with Crippen LogP contribution in [0.15, 0.2) is 22.2 Å². The van der Waals surface area contributed by atoms with Crippen molar-refractivity contribution in [1.29, 1.82) is 0 Å². The monoisotopic (exact) mass is 226 g/mol. The van der Waals surface area contributed by atoms with Crippen molar-refractivity contribution < 1.29 is 4.79 Å². The van der Waals surface area contributed by atoms with Crippen molar-refractivity contribution in [2.45, 2.75) is 25.7 Å². The van der Waals surface area contributed by atoms with Crippen LogP contribution in [0.5, 0.6) is 0 Å². The molecular formula is C10H11BrO. The van der Waals surface area contributed by atoms with Crippen LogP contribution in [-0.2, 0) is 4.79 Å². The maximum absolute atomic E-state index is 11.4. The van der Waals surface area contributed by atoms with Crippen molar-refractivity contribution in [3.63, 3.8) is 0 Å². The number of fused-ring (bicyclic) bond motifs is 1. The van der Waals surface area contributed by atoms with Crippen LogP contribution >= 0.6 is 15.9 Å². The summed E-state index contributed by atoms with van der Waals surface area (Å²) in [5.74, 6) is 0.869. The van der Waals surface area contributed by atoms with E-state index in [9.17, 15) is 4.79 Å². The van der Waals surface area contributed by atoms with E-state index in [2.05, 4.69) is 15.9 Å². The minimum Gasteiger partial charge on any atom is -0.295 e. The topological polar surface area (TPSA) is 17.1 Å². The molecule has 12 heavy (non-hydrogen) atoms. The SMILES string of the molecule is O=C1CCCC2CC(Br)=CC=C12. The van der Waals surface area contributed by atoms with Gasteiger partial charge in [0.25, 0.3) is 0 Å². The van der Waals surface area contributed by atoms with Gasteiger partial charge in [-0.2, -0.15) is 0 Å². The number of carbonyl (C=O) groups excluding carboxylic acids is 1. The zero-order chi connectivity index (χ0) is 8.55. The number of hydrogen-bond donors (Lipinski definition) is 0. The van der Waals surface area contributed by atoms with Gasteiger partial charge in [-0.25, -0.2) is 0 Å². The Morgan fingerprint density at radius 1 is 1.42 bits per heavy atom. The molecule has 2 heteroatoms. The largest absolute Gasteiger partial charge is 0.295 e. The van der Waals surface area contributed by atoms with E-state index in [-0.39, 0.29) is 0 Å². The quantitative estimate of drug-likeness (QED) is 0.621. The molecule has 2 rings (SSSR count). The van der Waals surface area contributed by atoms with E-state index < -0.39 is 0 Å². The summed E-state index contributed by atoms with van der Waals surface area (Å²) in [5, 5.41) is 0. The van der Waals surface area contributed by atoms with Crippen LogP contribution in [0.4, 0.5) is 0 Å². The number of halogens is 1. The van der Waals surface area contributed by atoms with Crippen molar-refractivity contribution in [2.24, 2.45) is 5.92 Å². The van der Waals surface area contributed by atoms with E-state index in [1.165, 1.54) is 10.9 Å². The Balaban J connectivity index is 2.28. The fraction of sp³-hybridized carbons (Fsp3) is 0.500. The first-order valence-corrected chi connectivity index (χ1v) is 5.16. The van der Waals surface area contributed by atoms with Crippen LogP contribution in [-0.4, -0.2) is 5.78 Å². The first kappa shape index (κ1) is 8.24. The molecule has 0 saturated heterocycles. The number of Topliss-reactive ketones (excluding diaryl/α,β-unsaturated/α-hetero) is 1. The molecule has 1 saturated carbocycles. The van der Waals surface area contributed by atoms with Gasteiger partial charge in [0.15, 0.2) is 5.78 Å². The van der Waals surface area contributed by atoms with Gasteiger partial charge in [-0.3, -0.25) is 4.79 Å². The molecule has 2 aliphatic carbocycles. The third kappa shape index (κ3) is 1.40. The van der Waals surface area contributed by atoms with Crippen LogP contribution in [0.1, 0.15) is 25.7 Å². The minimum absolute atomic E-state index is 0.363. The summed E-state index contributed by atoms with van der Waals surface area (Å²) in [4.78, 5) is 11.4. The maximum Gasteiger partial charge on any atom is 0.159 e. The van der Waals surface area contributed by atoms with Crippen LogP contribution in [0.3, 0.4) is 0 Å². The maximum atomic E-state index is 11.4. The highest BCUT2D eigenvalue weighted by Crippen LogP contribution is 2.36. The summed E-state index contributed by atoms with van der Waals surface area (Å²) in [7, 11) is 0. The zero-order valence-electron chi connectivity index (χ0n) is 6.85. The Kier molecular flexibility index (Phi) is 2.18. The average Bonchev–Trinajstić information content (AvgIpc) is 2.04. The van der Waals surface area contributed by atoms with E-state index in [4.69, 9.17) is 0 Å². The number of ketones is 1. The fourth-order valence-electron chi connectivity index (χ4n) is 1.96. The molecule has 0 spiro atoms. The highest BCUT2D eigenvalue weighted by atomic mass is 79.9. The molecule has 0 aromatic carbocycles. The molecule has 0 aromatic heterocycles. The molecule has 1 unspecified atom stereocenters. The van der Waals surface area contributed by atoms with E-state index in [1.807, 2.05) is 12.2 Å². The van der Waals surface area contributed by atoms with Crippen LogP contribution in [0.2, 0.25) is 0 Å². The van der Waals surface area contributed by atoms with Crippen LogP contribution in [0, 0.1) is 5.92 Å². The number of rotatable bonds is 0. The van der Waals surface area contributed by atoms with Crippen LogP contribution < -0.4 is 0 Å². The second kappa shape index (κ2) is 3.17. The van der Waals surface area contributed by atoms with Crippen molar-refractivity contribution in [3.05, 3.63) is 22.2 Å². The average molecular weight is 227 g/mol. The molecule has 1 atom stereocenters. The Morgan fingerprint density at radius 3 is 3.08 bits per heavy atom. The second-order valence-corrected chi connectivity index (χ2v) is 4.47. The Morgan fingerprint density at radius 2 is 2.25 bits per heavy atom. The summed E-state index contributed by atoms with van der Waals surface area (Å²) in [6, 6.07) is 0. The van der Waals surface area contributed by atoms with E-state index in [0.717, 1.165) is 24.8 Å². The Hall–Kier alpha value is -0.370. The zero-order valence-corrected chi connectivity index (χ0v) is 8.43. The molecule has 0 amide bonds. The third-order valence-corrected chi connectivity index (χ3v) is 3.19. The molecule has 1 fully saturated rings. The van der Waals surface area contributed by atoms with Gasteiger partial charge >= 0.3 is 0 Å². The highest BCUT2D eigenvalue weighted by molar-refractivity contribution is 9.11. The predicted octanol–water partition coefficient (Wildman–Crippen LogP) is 2.96. The summed E-state index contributed by atoms with van der Waals surface area (Å²) in [6.45, 7) is 0. The highest BCUT2D eigenvalue weighted by Gasteiger charge is 2.27. The lowest BCUT2D eigenvalue weighted by Crippen LogP contribution is -2.20. The van der Waals surface area contributed by atoms with Gasteiger partial charge in [-0.15, -0.1) is 0 Å².